The number of hydrazone groups is 1. The lowest BCUT2D eigenvalue weighted by atomic mass is 9.99. The molecule has 1 aliphatic heterocycles. The Labute approximate surface area is 193 Å². The molecule has 0 aromatic heterocycles. The van der Waals surface area contributed by atoms with Gasteiger partial charge in [-0.15, -0.1) is 0 Å². The summed E-state index contributed by atoms with van der Waals surface area (Å²) in [4.78, 5) is 0.113. The zero-order chi connectivity index (χ0) is 23.6. The van der Waals surface area contributed by atoms with Crippen LogP contribution in [0.5, 0.6) is 5.75 Å². The van der Waals surface area contributed by atoms with Gasteiger partial charge in [0.25, 0.3) is 10.0 Å². The lowest BCUT2D eigenvalue weighted by molar-refractivity contribution is 0.371. The molecule has 0 spiro atoms. The number of hydrogen-bond donors (Lipinski definition) is 1. The summed E-state index contributed by atoms with van der Waals surface area (Å²) < 4.78 is 58.6. The van der Waals surface area contributed by atoms with E-state index in [-0.39, 0.29) is 4.90 Å². The molecule has 3 aromatic carbocycles. The molecule has 8 nitrogen and oxygen atoms in total. The van der Waals surface area contributed by atoms with Crippen LogP contribution in [0.25, 0.3) is 0 Å². The fraction of sp³-hybridized carbons (Fsp3) is 0.174. The molecule has 0 saturated heterocycles. The van der Waals surface area contributed by atoms with Gasteiger partial charge in [0.05, 0.1) is 30.0 Å². The standard InChI is InChI=1S/C23H23N3O5S2/c1-31-20-12-14-21(15-13-20)33(29,30)26-23(18-6-4-3-5-7-18)16-22(24-26)17-8-10-19(11-9-17)25-32(2,27)28/h3-15,23,25H,16H2,1-2H3. The Kier molecular flexibility index (Phi) is 6.13. The topological polar surface area (TPSA) is 105 Å². The first-order valence-electron chi connectivity index (χ1n) is 10.1. The Hall–Kier alpha value is -3.37. The number of nitrogens with zero attached hydrogens (tertiary/aromatic N) is 2. The van der Waals surface area contributed by atoms with E-state index in [1.165, 1.54) is 19.2 Å². The van der Waals surface area contributed by atoms with Crippen LogP contribution >= 0.6 is 0 Å². The van der Waals surface area contributed by atoms with E-state index in [2.05, 4.69) is 9.82 Å². The third kappa shape index (κ3) is 5.01. The van der Waals surface area contributed by atoms with E-state index in [9.17, 15) is 16.8 Å². The summed E-state index contributed by atoms with van der Waals surface area (Å²) >= 11 is 0. The van der Waals surface area contributed by atoms with Crippen LogP contribution in [0.2, 0.25) is 0 Å². The molecule has 1 atom stereocenters. The molecule has 0 amide bonds. The van der Waals surface area contributed by atoms with Crippen molar-refractivity contribution >= 4 is 31.4 Å². The van der Waals surface area contributed by atoms with Crippen LogP contribution in [-0.2, 0) is 20.0 Å². The largest absolute Gasteiger partial charge is 0.497 e. The number of anilines is 1. The average molecular weight is 486 g/mol. The fourth-order valence-corrected chi connectivity index (χ4v) is 5.61. The molecular formula is C23H23N3O5S2. The van der Waals surface area contributed by atoms with Gasteiger partial charge in [-0.05, 0) is 47.5 Å². The summed E-state index contributed by atoms with van der Waals surface area (Å²) in [6.07, 6.45) is 1.45. The van der Waals surface area contributed by atoms with Gasteiger partial charge in [0, 0.05) is 12.1 Å². The van der Waals surface area contributed by atoms with Gasteiger partial charge < -0.3 is 4.74 Å². The van der Waals surface area contributed by atoms with Crippen LogP contribution in [0.1, 0.15) is 23.6 Å². The number of hydrogen-bond acceptors (Lipinski definition) is 6. The van der Waals surface area contributed by atoms with E-state index >= 15 is 0 Å². The third-order valence-electron chi connectivity index (χ3n) is 5.18. The maximum Gasteiger partial charge on any atom is 0.279 e. The Morgan fingerprint density at radius 3 is 2.12 bits per heavy atom. The highest BCUT2D eigenvalue weighted by atomic mass is 32.2. The minimum absolute atomic E-state index is 0.113. The number of benzene rings is 3. The normalized spacial score (nSPS) is 16.4. The van der Waals surface area contributed by atoms with Crippen molar-refractivity contribution in [2.24, 2.45) is 5.10 Å². The van der Waals surface area contributed by atoms with Crippen molar-refractivity contribution in [1.82, 2.24) is 4.41 Å². The quantitative estimate of drug-likeness (QED) is 0.550. The summed E-state index contributed by atoms with van der Waals surface area (Å²) in [6.45, 7) is 0. The molecule has 1 unspecified atom stereocenters. The minimum atomic E-state index is -3.94. The zero-order valence-electron chi connectivity index (χ0n) is 18.0. The summed E-state index contributed by atoms with van der Waals surface area (Å²) in [6, 6.07) is 21.7. The first kappa shape index (κ1) is 22.8. The molecule has 1 N–H and O–H groups in total. The smallest absolute Gasteiger partial charge is 0.279 e. The van der Waals surface area contributed by atoms with Crippen molar-refractivity contribution in [3.8, 4) is 5.75 Å². The molecule has 33 heavy (non-hydrogen) atoms. The second-order valence-corrected chi connectivity index (χ2v) is 11.1. The zero-order valence-corrected chi connectivity index (χ0v) is 19.7. The van der Waals surface area contributed by atoms with Crippen molar-refractivity contribution in [3.05, 3.63) is 90.0 Å². The molecule has 1 heterocycles. The minimum Gasteiger partial charge on any atom is -0.497 e. The molecule has 0 aliphatic carbocycles. The van der Waals surface area contributed by atoms with Crippen molar-refractivity contribution in [2.75, 3.05) is 18.1 Å². The Balaban J connectivity index is 1.72. The molecule has 0 fully saturated rings. The average Bonchev–Trinajstić information content (AvgIpc) is 3.26. The predicted molar refractivity (Wildman–Crippen MR) is 127 cm³/mol. The lowest BCUT2D eigenvalue weighted by Gasteiger charge is -2.23. The van der Waals surface area contributed by atoms with Gasteiger partial charge in [0.1, 0.15) is 5.75 Å². The highest BCUT2D eigenvalue weighted by molar-refractivity contribution is 7.92. The van der Waals surface area contributed by atoms with Crippen molar-refractivity contribution in [1.29, 1.82) is 0 Å². The highest BCUT2D eigenvalue weighted by Gasteiger charge is 2.37. The molecule has 1 aliphatic rings. The Bertz CT molecular complexity index is 1370. The Morgan fingerprint density at radius 1 is 0.909 bits per heavy atom. The highest BCUT2D eigenvalue weighted by Crippen LogP contribution is 2.37. The van der Waals surface area contributed by atoms with E-state index in [1.807, 2.05) is 30.3 Å². The molecular weight excluding hydrogens is 462 g/mol. The van der Waals surface area contributed by atoms with Crippen LogP contribution in [-0.4, -0.2) is 40.3 Å². The van der Waals surface area contributed by atoms with E-state index in [4.69, 9.17) is 4.74 Å². The monoisotopic (exact) mass is 485 g/mol. The van der Waals surface area contributed by atoms with Gasteiger partial charge in [0.2, 0.25) is 10.0 Å². The van der Waals surface area contributed by atoms with Crippen LogP contribution < -0.4 is 9.46 Å². The van der Waals surface area contributed by atoms with E-state index in [0.29, 0.717) is 29.1 Å². The van der Waals surface area contributed by atoms with E-state index < -0.39 is 26.1 Å². The third-order valence-corrected chi connectivity index (χ3v) is 7.48. The SMILES string of the molecule is COc1ccc(S(=O)(=O)N2N=C(c3ccc(NS(C)(=O)=O)cc3)CC2c2ccccc2)cc1. The van der Waals surface area contributed by atoms with Gasteiger partial charge in [-0.1, -0.05) is 42.5 Å². The molecule has 3 aromatic rings. The molecule has 172 valence electrons. The summed E-state index contributed by atoms with van der Waals surface area (Å²) in [7, 11) is -5.81. The van der Waals surface area contributed by atoms with Crippen LogP contribution in [0, 0.1) is 0 Å². The molecule has 0 bridgehead atoms. The maximum atomic E-state index is 13.5. The van der Waals surface area contributed by atoms with E-state index in [1.54, 1.807) is 36.4 Å². The number of ether oxygens (including phenoxy) is 1. The lowest BCUT2D eigenvalue weighted by Crippen LogP contribution is -2.27. The summed E-state index contributed by atoms with van der Waals surface area (Å²) in [5.74, 6) is 0.557. The summed E-state index contributed by atoms with van der Waals surface area (Å²) in [5.41, 5.74) is 2.54. The predicted octanol–water partition coefficient (Wildman–Crippen LogP) is 3.61. The van der Waals surface area contributed by atoms with Crippen LogP contribution in [0.3, 0.4) is 0 Å². The van der Waals surface area contributed by atoms with E-state index in [0.717, 1.165) is 16.2 Å². The van der Waals surface area contributed by atoms with Gasteiger partial charge in [-0.2, -0.15) is 17.9 Å². The molecule has 10 heteroatoms. The van der Waals surface area contributed by atoms with Gasteiger partial charge in [-0.25, -0.2) is 8.42 Å². The second kappa shape index (κ2) is 8.87. The van der Waals surface area contributed by atoms with Crippen molar-refractivity contribution in [3.63, 3.8) is 0 Å². The first-order valence-corrected chi connectivity index (χ1v) is 13.4. The number of methoxy groups -OCH3 is 1. The van der Waals surface area contributed by atoms with Gasteiger partial charge in [-0.3, -0.25) is 4.72 Å². The van der Waals surface area contributed by atoms with Crippen molar-refractivity contribution < 1.29 is 21.6 Å². The summed E-state index contributed by atoms with van der Waals surface area (Å²) in [5, 5.41) is 4.50. The first-order chi connectivity index (χ1) is 15.7. The van der Waals surface area contributed by atoms with Crippen molar-refractivity contribution in [2.45, 2.75) is 17.4 Å². The fourth-order valence-electron chi connectivity index (χ4n) is 3.61. The second-order valence-electron chi connectivity index (χ2n) is 7.58. The van der Waals surface area contributed by atoms with Crippen LogP contribution in [0.4, 0.5) is 5.69 Å². The molecule has 0 saturated carbocycles. The number of rotatable bonds is 7. The van der Waals surface area contributed by atoms with Gasteiger partial charge in [0.15, 0.2) is 0 Å². The maximum absolute atomic E-state index is 13.5. The number of nitrogens with one attached hydrogen (secondary N) is 1. The Morgan fingerprint density at radius 2 is 1.55 bits per heavy atom. The number of sulfonamides is 2. The molecule has 0 radical (unpaired) electrons. The van der Waals surface area contributed by atoms with Crippen LogP contribution in [0.15, 0.2) is 88.9 Å². The molecule has 4 rings (SSSR count). The van der Waals surface area contributed by atoms with Gasteiger partial charge >= 0.3 is 0 Å².